The third-order valence-corrected chi connectivity index (χ3v) is 3.83. The third kappa shape index (κ3) is 4.23. The van der Waals surface area contributed by atoms with Crippen molar-refractivity contribution in [1.82, 2.24) is 9.97 Å². The summed E-state index contributed by atoms with van der Waals surface area (Å²) in [6.07, 6.45) is 1.47. The summed E-state index contributed by atoms with van der Waals surface area (Å²) in [5.41, 5.74) is 1.21. The molecule has 6 heteroatoms. The van der Waals surface area contributed by atoms with E-state index in [0.717, 1.165) is 0 Å². The Bertz CT molecular complexity index is 950. The zero-order chi connectivity index (χ0) is 17.6. The van der Waals surface area contributed by atoms with Crippen LogP contribution in [0.5, 0.6) is 5.75 Å². The second-order valence-electron chi connectivity index (χ2n) is 5.66. The molecule has 2 aromatic carbocycles. The van der Waals surface area contributed by atoms with E-state index < -0.39 is 0 Å². The van der Waals surface area contributed by atoms with Crippen molar-refractivity contribution in [2.45, 2.75) is 19.3 Å². The van der Waals surface area contributed by atoms with Crippen molar-refractivity contribution >= 4 is 22.5 Å². The Balaban J connectivity index is 1.57. The van der Waals surface area contributed by atoms with E-state index in [4.69, 9.17) is 4.74 Å². The minimum absolute atomic E-state index is 0.0867. The number of benzene rings is 2. The molecule has 0 saturated carbocycles. The van der Waals surface area contributed by atoms with Crippen LogP contribution >= 0.6 is 0 Å². The molecule has 0 aliphatic rings. The van der Waals surface area contributed by atoms with Gasteiger partial charge in [-0.05, 0) is 30.7 Å². The predicted octanol–water partition coefficient (Wildman–Crippen LogP) is 2.89. The maximum absolute atomic E-state index is 12.0. The molecule has 1 amide bonds. The molecule has 6 nitrogen and oxygen atoms in total. The molecule has 0 aliphatic heterocycles. The van der Waals surface area contributed by atoms with Crippen LogP contribution < -0.4 is 15.6 Å². The average Bonchev–Trinajstić information content (AvgIpc) is 2.62. The molecule has 0 fully saturated rings. The summed E-state index contributed by atoms with van der Waals surface area (Å²) in [7, 11) is 1.58. The third-order valence-electron chi connectivity index (χ3n) is 3.83. The van der Waals surface area contributed by atoms with E-state index in [9.17, 15) is 9.59 Å². The summed E-state index contributed by atoms with van der Waals surface area (Å²) in [5, 5.41) is 3.40. The topological polar surface area (TPSA) is 84.1 Å². The van der Waals surface area contributed by atoms with Gasteiger partial charge in [-0.2, -0.15) is 0 Å². The van der Waals surface area contributed by atoms with Crippen LogP contribution in [0.2, 0.25) is 0 Å². The largest absolute Gasteiger partial charge is 0.497 e. The van der Waals surface area contributed by atoms with Gasteiger partial charge in [0.1, 0.15) is 11.6 Å². The van der Waals surface area contributed by atoms with Crippen LogP contribution in [0.25, 0.3) is 10.9 Å². The first-order valence-electron chi connectivity index (χ1n) is 8.07. The van der Waals surface area contributed by atoms with Gasteiger partial charge in [-0.1, -0.05) is 18.2 Å². The van der Waals surface area contributed by atoms with Crippen LogP contribution in [0.4, 0.5) is 5.69 Å². The highest BCUT2D eigenvalue weighted by molar-refractivity contribution is 5.90. The molecule has 0 unspecified atom stereocenters. The highest BCUT2D eigenvalue weighted by atomic mass is 16.5. The second kappa shape index (κ2) is 7.61. The number of ether oxygens (including phenoxy) is 1. The fourth-order valence-corrected chi connectivity index (χ4v) is 2.59. The van der Waals surface area contributed by atoms with E-state index in [1.807, 2.05) is 36.4 Å². The highest BCUT2D eigenvalue weighted by Crippen LogP contribution is 2.17. The number of carbonyl (C=O) groups is 1. The van der Waals surface area contributed by atoms with Crippen LogP contribution in [0.1, 0.15) is 18.7 Å². The molecule has 0 bridgehead atoms. The van der Waals surface area contributed by atoms with Crippen molar-refractivity contribution in [3.05, 3.63) is 64.7 Å². The first-order valence-corrected chi connectivity index (χ1v) is 8.07. The molecule has 0 radical (unpaired) electrons. The number of para-hydroxylation sites is 1. The molecular weight excluding hydrogens is 318 g/mol. The van der Waals surface area contributed by atoms with Gasteiger partial charge in [0.25, 0.3) is 5.56 Å². The van der Waals surface area contributed by atoms with Gasteiger partial charge in [-0.15, -0.1) is 0 Å². The van der Waals surface area contributed by atoms with Gasteiger partial charge in [-0.3, -0.25) is 9.59 Å². The van der Waals surface area contributed by atoms with Gasteiger partial charge in [0.15, 0.2) is 0 Å². The second-order valence-corrected chi connectivity index (χ2v) is 5.66. The van der Waals surface area contributed by atoms with E-state index in [1.54, 1.807) is 19.2 Å². The fraction of sp³-hybridized carbons (Fsp3) is 0.211. The summed E-state index contributed by atoms with van der Waals surface area (Å²) in [5.74, 6) is 1.20. The van der Waals surface area contributed by atoms with E-state index in [1.165, 1.54) is 0 Å². The number of rotatable bonds is 6. The Morgan fingerprint density at radius 1 is 1.20 bits per heavy atom. The van der Waals surface area contributed by atoms with Crippen molar-refractivity contribution in [2.24, 2.45) is 0 Å². The minimum Gasteiger partial charge on any atom is -0.497 e. The Labute approximate surface area is 144 Å². The summed E-state index contributed by atoms with van der Waals surface area (Å²) in [4.78, 5) is 31.3. The monoisotopic (exact) mass is 337 g/mol. The Hall–Kier alpha value is -3.15. The number of fused-ring (bicyclic) bond motifs is 1. The van der Waals surface area contributed by atoms with Gasteiger partial charge in [-0.25, -0.2) is 4.98 Å². The zero-order valence-electron chi connectivity index (χ0n) is 13.9. The molecule has 2 N–H and O–H groups in total. The van der Waals surface area contributed by atoms with Gasteiger partial charge in [0.05, 0.1) is 18.0 Å². The molecule has 3 rings (SSSR count). The lowest BCUT2D eigenvalue weighted by molar-refractivity contribution is -0.116. The molecule has 25 heavy (non-hydrogen) atoms. The number of hydrogen-bond donors (Lipinski definition) is 2. The molecule has 0 spiro atoms. The highest BCUT2D eigenvalue weighted by Gasteiger charge is 2.06. The maximum Gasteiger partial charge on any atom is 0.258 e. The van der Waals surface area contributed by atoms with Crippen LogP contribution in [-0.4, -0.2) is 23.0 Å². The van der Waals surface area contributed by atoms with Gasteiger partial charge in [0, 0.05) is 24.6 Å². The van der Waals surface area contributed by atoms with Crippen molar-refractivity contribution in [1.29, 1.82) is 0 Å². The first kappa shape index (κ1) is 16.7. The number of nitrogens with zero attached hydrogens (tertiary/aromatic N) is 1. The van der Waals surface area contributed by atoms with Crippen molar-refractivity contribution < 1.29 is 9.53 Å². The number of methoxy groups -OCH3 is 1. The number of aromatic nitrogens is 2. The molecule has 128 valence electrons. The van der Waals surface area contributed by atoms with Gasteiger partial charge in [0.2, 0.25) is 5.91 Å². The number of nitrogens with one attached hydrogen (secondary N) is 2. The summed E-state index contributed by atoms with van der Waals surface area (Å²) in [6, 6.07) is 14.4. The maximum atomic E-state index is 12.0. The SMILES string of the molecule is COc1cccc(NC(=O)CCCc2nc3ccccc3c(=O)[nH]2)c1. The lowest BCUT2D eigenvalue weighted by atomic mass is 10.2. The number of amides is 1. The standard InChI is InChI=1S/C19H19N3O3/c1-25-14-7-4-6-13(12-14)20-18(23)11-5-10-17-21-16-9-3-2-8-15(16)19(24)22-17/h2-4,6-9,12H,5,10-11H2,1H3,(H,20,23)(H,21,22,24). The normalized spacial score (nSPS) is 10.6. The quantitative estimate of drug-likeness (QED) is 0.724. The van der Waals surface area contributed by atoms with Gasteiger partial charge >= 0.3 is 0 Å². The summed E-state index contributed by atoms with van der Waals surface area (Å²) < 4.78 is 5.13. The number of H-pyrrole nitrogens is 1. The van der Waals surface area contributed by atoms with Crippen LogP contribution in [0.3, 0.4) is 0 Å². The molecular formula is C19H19N3O3. The van der Waals surface area contributed by atoms with Crippen molar-refractivity contribution in [3.8, 4) is 5.75 Å². The predicted molar refractivity (Wildman–Crippen MR) is 96.9 cm³/mol. The Morgan fingerprint density at radius 3 is 2.88 bits per heavy atom. The van der Waals surface area contributed by atoms with E-state index in [-0.39, 0.29) is 11.5 Å². The first-order chi connectivity index (χ1) is 12.2. The molecule has 1 aromatic heterocycles. The van der Waals surface area contributed by atoms with Crippen LogP contribution in [0.15, 0.2) is 53.3 Å². The van der Waals surface area contributed by atoms with E-state index in [0.29, 0.717) is 47.4 Å². The Kier molecular flexibility index (Phi) is 5.09. The smallest absolute Gasteiger partial charge is 0.258 e. The number of hydrogen-bond acceptors (Lipinski definition) is 4. The van der Waals surface area contributed by atoms with E-state index in [2.05, 4.69) is 15.3 Å². The Morgan fingerprint density at radius 2 is 2.04 bits per heavy atom. The average molecular weight is 337 g/mol. The fourth-order valence-electron chi connectivity index (χ4n) is 2.59. The zero-order valence-corrected chi connectivity index (χ0v) is 13.9. The molecule has 3 aromatic rings. The lowest BCUT2D eigenvalue weighted by Crippen LogP contribution is -2.14. The molecule has 0 saturated heterocycles. The minimum atomic E-state index is -0.151. The van der Waals surface area contributed by atoms with E-state index >= 15 is 0 Å². The van der Waals surface area contributed by atoms with Crippen LogP contribution in [-0.2, 0) is 11.2 Å². The number of aryl methyl sites for hydroxylation is 1. The molecule has 0 atom stereocenters. The van der Waals surface area contributed by atoms with Gasteiger partial charge < -0.3 is 15.0 Å². The molecule has 0 aliphatic carbocycles. The van der Waals surface area contributed by atoms with Crippen molar-refractivity contribution in [2.75, 3.05) is 12.4 Å². The van der Waals surface area contributed by atoms with Crippen molar-refractivity contribution in [3.63, 3.8) is 0 Å². The number of anilines is 1. The number of carbonyl (C=O) groups excluding carboxylic acids is 1. The number of aromatic amines is 1. The lowest BCUT2D eigenvalue weighted by Gasteiger charge is -2.07. The molecule has 1 heterocycles. The summed E-state index contributed by atoms with van der Waals surface area (Å²) in [6.45, 7) is 0. The summed E-state index contributed by atoms with van der Waals surface area (Å²) >= 11 is 0. The van der Waals surface area contributed by atoms with Crippen LogP contribution in [0, 0.1) is 0 Å².